The largest absolute Gasteiger partial charge is 0.534 e. The quantitative estimate of drug-likeness (QED) is 0.127. The minimum Gasteiger partial charge on any atom is -0.494 e. The van der Waals surface area contributed by atoms with Crippen LogP contribution in [0.1, 0.15) is 20.8 Å². The second kappa shape index (κ2) is 9.91. The first-order valence-electron chi connectivity index (χ1n) is 11.8. The fraction of sp³-hybridized carbons (Fsp3) is 0.0769. The van der Waals surface area contributed by atoms with E-state index in [0.717, 1.165) is 12.1 Å². The maximum absolute atomic E-state index is 14.9. The molecule has 4 aromatic rings. The van der Waals surface area contributed by atoms with Gasteiger partial charge >= 0.3 is 15.6 Å². The minimum atomic E-state index is -6.30. The fourth-order valence-electron chi connectivity index (χ4n) is 3.54. The molecule has 0 unspecified atom stereocenters. The number of methoxy groups -OCH3 is 1. The summed E-state index contributed by atoms with van der Waals surface area (Å²) in [6, 6.07) is 21.2. The molecule has 0 N–H and O–H groups in total. The number of nitriles is 1. The molecule has 4 aromatic carbocycles. The third-order valence-corrected chi connectivity index (χ3v) is 6.09. The van der Waals surface area contributed by atoms with E-state index in [-0.39, 0.29) is 11.1 Å². The summed E-state index contributed by atoms with van der Waals surface area (Å²) in [5.41, 5.74) is -5.55. The Kier molecular flexibility index (Phi) is 5.84. The van der Waals surface area contributed by atoms with Crippen LogP contribution in [0.15, 0.2) is 83.9 Å². The van der Waals surface area contributed by atoms with E-state index < -0.39 is 50.9 Å². The Morgan fingerprint density at radius 1 is 1.00 bits per heavy atom. The Labute approximate surface area is 213 Å². The van der Waals surface area contributed by atoms with Gasteiger partial charge in [0.25, 0.3) is 0 Å². The van der Waals surface area contributed by atoms with Crippen molar-refractivity contribution in [3.63, 3.8) is 0 Å². The van der Waals surface area contributed by atoms with Gasteiger partial charge in [0.1, 0.15) is 17.4 Å². The molecule has 0 spiro atoms. The van der Waals surface area contributed by atoms with E-state index in [1.54, 1.807) is 60.7 Å². The van der Waals surface area contributed by atoms with Crippen LogP contribution in [0.25, 0.3) is 10.8 Å². The first-order chi connectivity index (χ1) is 18.7. The summed E-state index contributed by atoms with van der Waals surface area (Å²) < 4.78 is 110. The highest BCUT2D eigenvalue weighted by Gasteiger charge is 2.49. The van der Waals surface area contributed by atoms with Gasteiger partial charge in [-0.3, -0.25) is 0 Å². The molecule has 0 saturated carbocycles. The van der Waals surface area contributed by atoms with Crippen LogP contribution in [-0.2, 0) is 10.1 Å². The smallest absolute Gasteiger partial charge is 0.494 e. The molecule has 0 aliphatic carbocycles. The van der Waals surface area contributed by atoms with Crippen molar-refractivity contribution in [3.8, 4) is 17.6 Å². The molecule has 0 aliphatic rings. The topological polar surface area (TPSA) is 88.8 Å². The molecule has 0 saturated heterocycles. The molecule has 6 nitrogen and oxygen atoms in total. The number of hydrogen-bond donors (Lipinski definition) is 0. The van der Waals surface area contributed by atoms with Gasteiger partial charge in [0.05, 0.1) is 27.9 Å². The number of aliphatic imine (C=N–C) groups is 1. The van der Waals surface area contributed by atoms with Crippen LogP contribution in [0, 0.1) is 17.1 Å². The summed E-state index contributed by atoms with van der Waals surface area (Å²) in [5, 5.41) is 8.38. The monoisotopic (exact) mass is 531 g/mol. The number of alkyl halides is 3. The van der Waals surface area contributed by atoms with Crippen molar-refractivity contribution < 1.29 is 39.0 Å². The number of hydrogen-bond acceptors (Lipinski definition) is 6. The molecule has 0 amide bonds. The summed E-state index contributed by atoms with van der Waals surface area (Å²) in [7, 11) is -9.60. The predicted octanol–water partition coefficient (Wildman–Crippen LogP) is 6.26. The number of rotatable bonds is 6. The number of halogens is 4. The van der Waals surface area contributed by atoms with Gasteiger partial charge in [-0.25, -0.2) is 9.38 Å². The molecular weight excluding hydrogens is 512 g/mol. The zero-order valence-electron chi connectivity index (χ0n) is 21.5. The van der Waals surface area contributed by atoms with Gasteiger partial charge in [-0.15, -0.1) is 0 Å². The van der Waals surface area contributed by atoms with Crippen molar-refractivity contribution in [1.29, 1.82) is 5.26 Å². The summed E-state index contributed by atoms with van der Waals surface area (Å²) in [5.74, 6) is -3.37. The molecule has 0 atom stereocenters. The summed E-state index contributed by atoms with van der Waals surface area (Å²) in [6.45, 7) is 0. The second-order valence-corrected chi connectivity index (χ2v) is 9.03. The molecule has 0 radical (unpaired) electrons. The van der Waals surface area contributed by atoms with Gasteiger partial charge in [0, 0.05) is 17.2 Å². The SMILES string of the molecule is [2H]C([2H])([2H])Oc1c(C#N)c(F)cc2cc(N=C(c3ccccc3)c3ccccc3)cc(OS(=O)(=O)C(F)(F)F)c12. The summed E-state index contributed by atoms with van der Waals surface area (Å²) in [4.78, 5) is 4.50. The van der Waals surface area contributed by atoms with Crippen LogP contribution in [-0.4, -0.2) is 26.7 Å². The number of benzene rings is 4. The predicted molar refractivity (Wildman–Crippen MR) is 129 cm³/mol. The average molecular weight is 532 g/mol. The number of fused-ring (bicyclic) bond motifs is 1. The highest BCUT2D eigenvalue weighted by atomic mass is 32.2. The molecule has 0 aromatic heterocycles. The molecule has 0 fully saturated rings. The van der Waals surface area contributed by atoms with Crippen LogP contribution in [0.2, 0.25) is 0 Å². The Morgan fingerprint density at radius 2 is 1.59 bits per heavy atom. The fourth-order valence-corrected chi connectivity index (χ4v) is 4.00. The Balaban J connectivity index is 2.08. The van der Waals surface area contributed by atoms with Crippen LogP contribution < -0.4 is 8.92 Å². The van der Waals surface area contributed by atoms with Crippen molar-refractivity contribution in [3.05, 3.63) is 101 Å². The van der Waals surface area contributed by atoms with E-state index in [4.69, 9.17) is 8.85 Å². The molecule has 4 rings (SSSR count). The molecule has 0 heterocycles. The lowest BCUT2D eigenvalue weighted by Gasteiger charge is -2.16. The van der Waals surface area contributed by atoms with Gasteiger partial charge < -0.3 is 8.92 Å². The van der Waals surface area contributed by atoms with Gasteiger partial charge in [-0.1, -0.05) is 60.7 Å². The summed E-state index contributed by atoms with van der Waals surface area (Å²) >= 11 is 0. The van der Waals surface area contributed by atoms with E-state index >= 15 is 0 Å². The highest BCUT2D eigenvalue weighted by Crippen LogP contribution is 2.42. The van der Waals surface area contributed by atoms with Gasteiger partial charge in [-0.2, -0.15) is 26.9 Å². The van der Waals surface area contributed by atoms with E-state index in [1.165, 1.54) is 6.07 Å². The first-order valence-corrected chi connectivity index (χ1v) is 11.7. The maximum atomic E-state index is 14.9. The second-order valence-electron chi connectivity index (χ2n) is 7.49. The lowest BCUT2D eigenvalue weighted by molar-refractivity contribution is -0.0499. The zero-order valence-corrected chi connectivity index (χ0v) is 19.3. The van der Waals surface area contributed by atoms with Crippen molar-refractivity contribution in [1.82, 2.24) is 0 Å². The summed E-state index contributed by atoms with van der Waals surface area (Å²) in [6.07, 6.45) is 0. The molecular formula is C26H16F4N2O4S. The van der Waals surface area contributed by atoms with E-state index in [1.807, 2.05) is 0 Å². The van der Waals surface area contributed by atoms with Crippen LogP contribution in [0.4, 0.5) is 23.2 Å². The third kappa shape index (κ3) is 5.10. The average Bonchev–Trinajstić information content (AvgIpc) is 2.86. The minimum absolute atomic E-state index is 0.175. The Morgan fingerprint density at radius 3 is 2.11 bits per heavy atom. The Bertz CT molecular complexity index is 1710. The van der Waals surface area contributed by atoms with E-state index in [2.05, 4.69) is 9.18 Å². The maximum Gasteiger partial charge on any atom is 0.534 e. The van der Waals surface area contributed by atoms with Crippen molar-refractivity contribution in [2.45, 2.75) is 5.51 Å². The van der Waals surface area contributed by atoms with Crippen LogP contribution in [0.3, 0.4) is 0 Å². The van der Waals surface area contributed by atoms with Crippen LogP contribution in [0.5, 0.6) is 11.5 Å². The Hall–Kier alpha value is -4.43. The van der Waals surface area contributed by atoms with Gasteiger partial charge in [-0.05, 0) is 17.5 Å². The molecule has 0 bridgehead atoms. The molecule has 0 aliphatic heterocycles. The lowest BCUT2D eigenvalue weighted by Crippen LogP contribution is -2.28. The number of ether oxygens (including phenoxy) is 1. The lowest BCUT2D eigenvalue weighted by atomic mass is 10.0. The van der Waals surface area contributed by atoms with Crippen LogP contribution >= 0.6 is 0 Å². The van der Waals surface area contributed by atoms with E-state index in [0.29, 0.717) is 22.9 Å². The molecule has 37 heavy (non-hydrogen) atoms. The van der Waals surface area contributed by atoms with E-state index in [9.17, 15) is 31.2 Å². The van der Waals surface area contributed by atoms with Gasteiger partial charge in [0.15, 0.2) is 11.5 Å². The van der Waals surface area contributed by atoms with Crippen molar-refractivity contribution in [2.75, 3.05) is 7.04 Å². The molecule has 11 heteroatoms. The van der Waals surface area contributed by atoms with Gasteiger partial charge in [0.2, 0.25) is 0 Å². The van der Waals surface area contributed by atoms with Crippen molar-refractivity contribution in [2.24, 2.45) is 4.99 Å². The normalized spacial score (nSPS) is 13.1. The standard InChI is InChI=1S/C26H16F4N2O4S/c1-35-25-20(15-31)21(27)13-18-12-19(14-22(23(18)25)36-37(33,34)26(28,29)30)32-24(16-8-4-2-5-9-16)17-10-6-3-7-11-17/h2-14H,1H3/i1D3. The third-order valence-electron chi connectivity index (χ3n) is 5.12. The molecule has 188 valence electrons. The number of nitrogens with zero attached hydrogens (tertiary/aromatic N) is 2. The first kappa shape index (κ1) is 21.8. The zero-order chi connectivity index (χ0) is 29.3. The highest BCUT2D eigenvalue weighted by molar-refractivity contribution is 7.88. The van der Waals surface area contributed by atoms with Crippen molar-refractivity contribution >= 4 is 32.3 Å².